The molecule has 1 aromatic rings. The quantitative estimate of drug-likeness (QED) is 0.887. The smallest absolute Gasteiger partial charge is 0.412 e. The average molecular weight is 260 g/mol. The van der Waals surface area contributed by atoms with Gasteiger partial charge in [0.25, 0.3) is 0 Å². The number of carbonyl (C=O) groups excluding carboxylic acids is 1. The molecule has 0 radical (unpaired) electrons. The van der Waals surface area contributed by atoms with Gasteiger partial charge < -0.3 is 5.11 Å². The van der Waals surface area contributed by atoms with Gasteiger partial charge in [0.1, 0.15) is 6.04 Å². The summed E-state index contributed by atoms with van der Waals surface area (Å²) in [6, 6.07) is 7.90. The molecule has 0 bridgehead atoms. The maximum absolute atomic E-state index is 12.1. The van der Waals surface area contributed by atoms with Crippen LogP contribution >= 0.6 is 0 Å². The van der Waals surface area contributed by atoms with E-state index in [9.17, 15) is 14.7 Å². The monoisotopic (exact) mass is 260 g/mol. The molecule has 5 heteroatoms. The fourth-order valence-corrected chi connectivity index (χ4v) is 2.39. The molecule has 1 fully saturated rings. The molecule has 1 amide bonds. The van der Waals surface area contributed by atoms with Gasteiger partial charge in [0.2, 0.25) is 0 Å². The van der Waals surface area contributed by atoms with Crippen LogP contribution in [-0.4, -0.2) is 35.8 Å². The normalized spacial score (nSPS) is 21.4. The van der Waals surface area contributed by atoms with Gasteiger partial charge in [-0.2, -0.15) is 0 Å². The highest BCUT2D eigenvalue weighted by Gasteiger charge is 2.36. The van der Waals surface area contributed by atoms with Gasteiger partial charge in [-0.1, -0.05) is 18.2 Å². The minimum atomic E-state index is -1.13. The van der Waals surface area contributed by atoms with E-state index in [4.69, 9.17) is 0 Å². The number of ketones is 1. The van der Waals surface area contributed by atoms with Crippen LogP contribution in [-0.2, 0) is 4.79 Å². The Labute approximate surface area is 111 Å². The number of amides is 1. The maximum atomic E-state index is 12.1. The summed E-state index contributed by atoms with van der Waals surface area (Å²) in [6.07, 6.45) is 0.682. The van der Waals surface area contributed by atoms with Gasteiger partial charge in [-0.25, -0.2) is 4.79 Å². The number of hydrogen-bond acceptors (Lipinski definition) is 3. The van der Waals surface area contributed by atoms with Gasteiger partial charge in [0.05, 0.1) is 0 Å². The first-order valence-corrected chi connectivity index (χ1v) is 6.20. The molecule has 2 rings (SSSR count). The number of nitrogens with zero attached hydrogens (tertiary/aromatic N) is 2. The number of carboxylic acid groups (broad SMARTS) is 1. The molecule has 0 saturated heterocycles. The Morgan fingerprint density at radius 1 is 1.32 bits per heavy atom. The summed E-state index contributed by atoms with van der Waals surface area (Å²) in [6.45, 7) is 0. The van der Waals surface area contributed by atoms with E-state index in [1.165, 1.54) is 0 Å². The van der Waals surface area contributed by atoms with Gasteiger partial charge in [0, 0.05) is 24.9 Å². The number of anilines is 1. The van der Waals surface area contributed by atoms with Gasteiger partial charge in [-0.05, 0) is 25.0 Å². The molecule has 0 aromatic heterocycles. The second-order valence-electron chi connectivity index (χ2n) is 4.43. The van der Waals surface area contributed by atoms with Gasteiger partial charge >= 0.3 is 6.09 Å². The SMILES string of the molecule is CN=C1CCCC(=O)C1N(C(=O)O)c1ccccc1. The number of benzene rings is 1. The molecule has 5 nitrogen and oxygen atoms in total. The van der Waals surface area contributed by atoms with Crippen molar-refractivity contribution in [2.75, 3.05) is 11.9 Å². The van der Waals surface area contributed by atoms with E-state index in [1.807, 2.05) is 0 Å². The van der Waals surface area contributed by atoms with E-state index < -0.39 is 12.1 Å². The lowest BCUT2D eigenvalue weighted by Gasteiger charge is -2.32. The summed E-state index contributed by atoms with van der Waals surface area (Å²) in [7, 11) is 1.60. The van der Waals surface area contributed by atoms with Crippen molar-refractivity contribution in [1.29, 1.82) is 0 Å². The topological polar surface area (TPSA) is 70.0 Å². The molecule has 100 valence electrons. The molecule has 1 unspecified atom stereocenters. The van der Waals surface area contributed by atoms with Crippen molar-refractivity contribution >= 4 is 23.3 Å². The number of para-hydroxylation sites is 1. The lowest BCUT2D eigenvalue weighted by atomic mass is 9.90. The first-order chi connectivity index (χ1) is 9.15. The van der Waals surface area contributed by atoms with Crippen LogP contribution < -0.4 is 4.90 Å². The summed E-state index contributed by atoms with van der Waals surface area (Å²) in [5.74, 6) is -0.0851. The highest BCUT2D eigenvalue weighted by atomic mass is 16.4. The summed E-state index contributed by atoms with van der Waals surface area (Å²) in [5.41, 5.74) is 1.14. The van der Waals surface area contributed by atoms with Crippen molar-refractivity contribution in [3.63, 3.8) is 0 Å². The zero-order chi connectivity index (χ0) is 13.8. The van der Waals surface area contributed by atoms with Crippen molar-refractivity contribution in [3.8, 4) is 0 Å². The third-order valence-corrected chi connectivity index (χ3v) is 3.26. The largest absolute Gasteiger partial charge is 0.465 e. The summed E-state index contributed by atoms with van der Waals surface area (Å²) >= 11 is 0. The lowest BCUT2D eigenvalue weighted by Crippen LogP contribution is -2.51. The first kappa shape index (κ1) is 13.3. The highest BCUT2D eigenvalue weighted by Crippen LogP contribution is 2.24. The van der Waals surface area contributed by atoms with E-state index >= 15 is 0 Å². The molecule has 1 aliphatic rings. The molecule has 0 heterocycles. The van der Waals surface area contributed by atoms with Crippen LogP contribution in [0.25, 0.3) is 0 Å². The Balaban J connectivity index is 2.43. The molecule has 1 aromatic carbocycles. The van der Waals surface area contributed by atoms with Crippen molar-refractivity contribution in [2.24, 2.45) is 4.99 Å². The van der Waals surface area contributed by atoms with Crippen LogP contribution in [0.2, 0.25) is 0 Å². The fourth-order valence-electron chi connectivity index (χ4n) is 2.39. The molecule has 1 aliphatic carbocycles. The molecular formula is C14H16N2O3. The molecular weight excluding hydrogens is 244 g/mol. The number of hydrogen-bond donors (Lipinski definition) is 1. The van der Waals surface area contributed by atoms with Gasteiger partial charge in [-0.15, -0.1) is 0 Å². The second-order valence-corrected chi connectivity index (χ2v) is 4.43. The first-order valence-electron chi connectivity index (χ1n) is 6.20. The maximum Gasteiger partial charge on any atom is 0.412 e. The zero-order valence-electron chi connectivity index (χ0n) is 10.7. The van der Waals surface area contributed by atoms with E-state index in [0.29, 0.717) is 24.2 Å². The predicted molar refractivity (Wildman–Crippen MR) is 73.0 cm³/mol. The minimum Gasteiger partial charge on any atom is -0.465 e. The standard InChI is InChI=1S/C14H16N2O3/c1-15-11-8-5-9-12(17)13(11)16(14(18)19)10-6-3-2-4-7-10/h2-4,6-7,13H,5,8-9H2,1H3,(H,18,19). The van der Waals surface area contributed by atoms with Crippen LogP contribution in [0, 0.1) is 0 Å². The van der Waals surface area contributed by atoms with E-state index in [0.717, 1.165) is 11.3 Å². The lowest BCUT2D eigenvalue weighted by molar-refractivity contribution is -0.119. The molecule has 1 saturated carbocycles. The molecule has 19 heavy (non-hydrogen) atoms. The molecule has 0 aliphatic heterocycles. The van der Waals surface area contributed by atoms with Crippen LogP contribution in [0.3, 0.4) is 0 Å². The van der Waals surface area contributed by atoms with Crippen molar-refractivity contribution in [2.45, 2.75) is 25.3 Å². The predicted octanol–water partition coefficient (Wildman–Crippen LogP) is 2.36. The Morgan fingerprint density at radius 2 is 2.00 bits per heavy atom. The fraction of sp³-hybridized carbons (Fsp3) is 0.357. The summed E-state index contributed by atoms with van der Waals surface area (Å²) < 4.78 is 0. The zero-order valence-corrected chi connectivity index (χ0v) is 10.7. The average Bonchev–Trinajstić information content (AvgIpc) is 2.41. The van der Waals surface area contributed by atoms with Gasteiger partial charge in [0.15, 0.2) is 5.78 Å². The van der Waals surface area contributed by atoms with Crippen LogP contribution in [0.5, 0.6) is 0 Å². The van der Waals surface area contributed by atoms with Crippen LogP contribution in [0.15, 0.2) is 35.3 Å². The van der Waals surface area contributed by atoms with E-state index in [2.05, 4.69) is 4.99 Å². The molecule has 1 atom stereocenters. The Bertz CT molecular complexity index is 511. The number of aliphatic imine (C=N–C) groups is 1. The second kappa shape index (κ2) is 5.65. The summed E-state index contributed by atoms with van der Waals surface area (Å²) in [5, 5.41) is 9.43. The third-order valence-electron chi connectivity index (χ3n) is 3.26. The minimum absolute atomic E-state index is 0.0851. The molecule has 1 N–H and O–H groups in total. The van der Waals surface area contributed by atoms with Crippen LogP contribution in [0.4, 0.5) is 10.5 Å². The van der Waals surface area contributed by atoms with Crippen molar-refractivity contribution in [3.05, 3.63) is 30.3 Å². The Morgan fingerprint density at radius 3 is 2.58 bits per heavy atom. The number of Topliss-reactive ketones (excluding diaryl/α,β-unsaturated/α-hetero) is 1. The molecule has 0 spiro atoms. The number of rotatable bonds is 2. The highest BCUT2D eigenvalue weighted by molar-refractivity contribution is 6.17. The third kappa shape index (κ3) is 2.65. The van der Waals surface area contributed by atoms with E-state index in [-0.39, 0.29) is 5.78 Å². The number of carbonyl (C=O) groups is 2. The van der Waals surface area contributed by atoms with Crippen molar-refractivity contribution < 1.29 is 14.7 Å². The van der Waals surface area contributed by atoms with Crippen LogP contribution in [0.1, 0.15) is 19.3 Å². The van der Waals surface area contributed by atoms with Gasteiger partial charge in [-0.3, -0.25) is 14.7 Å². The Kier molecular flexibility index (Phi) is 3.94. The Hall–Kier alpha value is -2.17. The van der Waals surface area contributed by atoms with Crippen molar-refractivity contribution in [1.82, 2.24) is 0 Å². The van der Waals surface area contributed by atoms with E-state index in [1.54, 1.807) is 37.4 Å². The summed E-state index contributed by atoms with van der Waals surface area (Å²) in [4.78, 5) is 28.8.